The van der Waals surface area contributed by atoms with Gasteiger partial charge in [0.1, 0.15) is 17.3 Å². The summed E-state index contributed by atoms with van der Waals surface area (Å²) in [6.45, 7) is 0.465. The fourth-order valence-corrected chi connectivity index (χ4v) is 3.65. The zero-order valence-electron chi connectivity index (χ0n) is 16.7. The topological polar surface area (TPSA) is 88.1 Å². The Bertz CT molecular complexity index is 1220. The molecule has 4 rings (SSSR count). The van der Waals surface area contributed by atoms with Crippen molar-refractivity contribution in [1.82, 2.24) is 15.2 Å². The standard InChI is InChI=1S/C24H18ClN3O3S/c25-19-10-8-18(9-11-19)22-26-24(28-27-22)32-21(23(29)30)14-16-6-12-20(13-7-16)31-15-17-4-2-1-3-5-17/h1-14H,15H2,(H,29,30)(H,26,27,28)/b21-14-. The number of benzene rings is 3. The molecule has 1 heterocycles. The van der Waals surface area contributed by atoms with E-state index >= 15 is 0 Å². The van der Waals surface area contributed by atoms with Gasteiger partial charge >= 0.3 is 5.97 Å². The highest BCUT2D eigenvalue weighted by Gasteiger charge is 2.14. The number of nitrogens with one attached hydrogen (secondary N) is 1. The first kappa shape index (κ1) is 21.7. The molecule has 0 fully saturated rings. The Morgan fingerprint density at radius 3 is 2.44 bits per heavy atom. The van der Waals surface area contributed by atoms with Crippen molar-refractivity contribution in [3.63, 3.8) is 0 Å². The Morgan fingerprint density at radius 1 is 1.03 bits per heavy atom. The lowest BCUT2D eigenvalue weighted by molar-refractivity contribution is -0.131. The Morgan fingerprint density at radius 2 is 1.75 bits per heavy atom. The van der Waals surface area contributed by atoms with Crippen molar-refractivity contribution in [3.8, 4) is 17.1 Å². The molecule has 2 N–H and O–H groups in total. The van der Waals surface area contributed by atoms with Gasteiger partial charge in [0.05, 0.1) is 0 Å². The van der Waals surface area contributed by atoms with Gasteiger partial charge in [0.25, 0.3) is 0 Å². The summed E-state index contributed by atoms with van der Waals surface area (Å²) in [6, 6.07) is 24.2. The van der Waals surface area contributed by atoms with Gasteiger partial charge in [-0.2, -0.15) is 0 Å². The fourth-order valence-electron chi connectivity index (χ4n) is 2.81. The summed E-state index contributed by atoms with van der Waals surface area (Å²) < 4.78 is 5.77. The van der Waals surface area contributed by atoms with Crippen LogP contribution in [0.2, 0.25) is 5.02 Å². The summed E-state index contributed by atoms with van der Waals surface area (Å²) in [6.07, 6.45) is 1.58. The number of hydrogen-bond donors (Lipinski definition) is 2. The molecule has 3 aromatic carbocycles. The number of aromatic amines is 1. The minimum absolute atomic E-state index is 0.101. The molecule has 32 heavy (non-hydrogen) atoms. The molecule has 0 bridgehead atoms. The quantitative estimate of drug-likeness (QED) is 0.249. The molecule has 1 aromatic heterocycles. The average Bonchev–Trinajstić information content (AvgIpc) is 3.28. The molecule has 4 aromatic rings. The molecule has 160 valence electrons. The molecule has 0 aliphatic rings. The van der Waals surface area contributed by atoms with E-state index in [1.54, 1.807) is 30.3 Å². The predicted octanol–water partition coefficient (Wildman–Crippen LogP) is 5.92. The van der Waals surface area contributed by atoms with Gasteiger partial charge < -0.3 is 9.84 Å². The number of H-pyrrole nitrogens is 1. The second-order valence-corrected chi connectivity index (χ2v) is 8.18. The van der Waals surface area contributed by atoms with Gasteiger partial charge in [-0.15, -0.1) is 5.10 Å². The van der Waals surface area contributed by atoms with Crippen LogP contribution in [-0.4, -0.2) is 26.3 Å². The van der Waals surface area contributed by atoms with Crippen molar-refractivity contribution in [2.24, 2.45) is 0 Å². The number of hydrogen-bond acceptors (Lipinski definition) is 5. The molecule has 0 saturated carbocycles. The van der Waals surface area contributed by atoms with Gasteiger partial charge in [-0.25, -0.2) is 9.78 Å². The highest BCUT2D eigenvalue weighted by Crippen LogP contribution is 2.28. The molecule has 0 spiro atoms. The molecular formula is C24H18ClN3O3S. The molecule has 0 radical (unpaired) electrons. The maximum atomic E-state index is 11.8. The van der Waals surface area contributed by atoms with E-state index in [2.05, 4.69) is 15.2 Å². The molecule has 0 unspecified atom stereocenters. The van der Waals surface area contributed by atoms with Crippen molar-refractivity contribution in [1.29, 1.82) is 0 Å². The summed E-state index contributed by atoms with van der Waals surface area (Å²) >= 11 is 6.88. The van der Waals surface area contributed by atoms with Crippen LogP contribution in [-0.2, 0) is 11.4 Å². The minimum atomic E-state index is -1.06. The molecule has 0 saturated heterocycles. The highest BCUT2D eigenvalue weighted by molar-refractivity contribution is 8.04. The number of ether oxygens (including phenoxy) is 1. The van der Waals surface area contributed by atoms with Crippen LogP contribution in [0.25, 0.3) is 17.5 Å². The molecule has 6 nitrogen and oxygen atoms in total. The first-order valence-electron chi connectivity index (χ1n) is 9.65. The Kier molecular flexibility index (Phi) is 6.89. The summed E-state index contributed by atoms with van der Waals surface area (Å²) in [5.74, 6) is 0.183. The van der Waals surface area contributed by atoms with E-state index in [0.717, 1.165) is 28.5 Å². The van der Waals surface area contributed by atoms with E-state index in [1.165, 1.54) is 0 Å². The summed E-state index contributed by atoms with van der Waals surface area (Å²) in [5.41, 5.74) is 2.61. The second-order valence-electron chi connectivity index (χ2n) is 6.73. The maximum absolute atomic E-state index is 11.8. The van der Waals surface area contributed by atoms with Gasteiger partial charge in [-0.1, -0.05) is 54.1 Å². The number of carboxylic acid groups (broad SMARTS) is 1. The summed E-state index contributed by atoms with van der Waals surface area (Å²) in [4.78, 5) is 16.2. The van der Waals surface area contributed by atoms with Crippen LogP contribution in [0.3, 0.4) is 0 Å². The minimum Gasteiger partial charge on any atom is -0.489 e. The van der Waals surface area contributed by atoms with Crippen LogP contribution in [0.4, 0.5) is 0 Å². The number of halogens is 1. The van der Waals surface area contributed by atoms with Crippen molar-refractivity contribution in [2.75, 3.05) is 0 Å². The maximum Gasteiger partial charge on any atom is 0.342 e. The largest absolute Gasteiger partial charge is 0.489 e. The molecule has 0 atom stereocenters. The smallest absolute Gasteiger partial charge is 0.342 e. The highest BCUT2D eigenvalue weighted by atomic mass is 35.5. The first-order valence-corrected chi connectivity index (χ1v) is 10.8. The number of rotatable bonds is 8. The molecule has 0 aliphatic heterocycles. The second kappa shape index (κ2) is 10.2. The zero-order chi connectivity index (χ0) is 22.3. The summed E-state index contributed by atoms with van der Waals surface area (Å²) in [5, 5.41) is 17.5. The van der Waals surface area contributed by atoms with Gasteiger partial charge in [-0.3, -0.25) is 5.10 Å². The molecule has 0 aliphatic carbocycles. The van der Waals surface area contributed by atoms with Gasteiger partial charge in [-0.05, 0) is 65.4 Å². The van der Waals surface area contributed by atoms with E-state index in [9.17, 15) is 9.90 Å². The first-order chi connectivity index (χ1) is 15.6. The van der Waals surface area contributed by atoms with Crippen molar-refractivity contribution >= 4 is 35.4 Å². The predicted molar refractivity (Wildman–Crippen MR) is 126 cm³/mol. The third-order valence-electron chi connectivity index (χ3n) is 4.42. The van der Waals surface area contributed by atoms with Gasteiger partial charge in [0, 0.05) is 10.6 Å². The van der Waals surface area contributed by atoms with E-state index in [-0.39, 0.29) is 4.91 Å². The molecule has 8 heteroatoms. The fraction of sp³-hybridized carbons (Fsp3) is 0.0417. The van der Waals surface area contributed by atoms with E-state index in [4.69, 9.17) is 16.3 Å². The molecule has 0 amide bonds. The van der Waals surface area contributed by atoms with Gasteiger partial charge in [0.15, 0.2) is 5.82 Å². The van der Waals surface area contributed by atoms with E-state index < -0.39 is 5.97 Å². The zero-order valence-corrected chi connectivity index (χ0v) is 18.3. The third kappa shape index (κ3) is 5.78. The Hall–Kier alpha value is -3.55. The van der Waals surface area contributed by atoms with Crippen LogP contribution in [0.5, 0.6) is 5.75 Å². The number of nitrogens with zero attached hydrogens (tertiary/aromatic N) is 2. The Labute approximate surface area is 193 Å². The van der Waals surface area contributed by atoms with Gasteiger partial charge in [0.2, 0.25) is 5.16 Å². The van der Waals surface area contributed by atoms with Crippen LogP contribution >= 0.6 is 23.4 Å². The third-order valence-corrected chi connectivity index (χ3v) is 5.55. The lowest BCUT2D eigenvalue weighted by Crippen LogP contribution is -1.97. The summed E-state index contributed by atoms with van der Waals surface area (Å²) in [7, 11) is 0. The van der Waals surface area contributed by atoms with E-state index in [1.807, 2.05) is 54.6 Å². The normalized spacial score (nSPS) is 11.3. The van der Waals surface area contributed by atoms with E-state index in [0.29, 0.717) is 28.4 Å². The lowest BCUT2D eigenvalue weighted by atomic mass is 10.2. The lowest BCUT2D eigenvalue weighted by Gasteiger charge is -2.06. The van der Waals surface area contributed by atoms with Crippen LogP contribution in [0.1, 0.15) is 11.1 Å². The van der Waals surface area contributed by atoms with Crippen molar-refractivity contribution < 1.29 is 14.6 Å². The number of thioether (sulfide) groups is 1. The molecular weight excluding hydrogens is 446 g/mol. The Balaban J connectivity index is 1.44. The number of carbonyl (C=O) groups is 1. The average molecular weight is 464 g/mol. The van der Waals surface area contributed by atoms with Crippen LogP contribution in [0, 0.1) is 0 Å². The number of carboxylic acids is 1. The van der Waals surface area contributed by atoms with Crippen molar-refractivity contribution in [2.45, 2.75) is 11.8 Å². The van der Waals surface area contributed by atoms with Crippen LogP contribution in [0.15, 0.2) is 88.9 Å². The van der Waals surface area contributed by atoms with Crippen LogP contribution < -0.4 is 4.74 Å². The van der Waals surface area contributed by atoms with Crippen molar-refractivity contribution in [3.05, 3.63) is 99.9 Å². The number of aromatic nitrogens is 3. The monoisotopic (exact) mass is 463 g/mol. The SMILES string of the molecule is O=C(O)/C(=C/c1ccc(OCc2ccccc2)cc1)Sc1n[nH]c(-c2ccc(Cl)cc2)n1. The number of aliphatic carboxylic acids is 1.